The summed E-state index contributed by atoms with van der Waals surface area (Å²) in [6.07, 6.45) is 0. The Morgan fingerprint density at radius 3 is 2.24 bits per heavy atom. The van der Waals surface area contributed by atoms with E-state index in [-0.39, 0.29) is 11.9 Å². The van der Waals surface area contributed by atoms with Crippen LogP contribution in [0.3, 0.4) is 0 Å². The third-order valence-corrected chi connectivity index (χ3v) is 3.33. The zero-order valence-electron chi connectivity index (χ0n) is 11.7. The number of guanidine groups is 2. The first-order valence-electron chi connectivity index (χ1n) is 6.14. The van der Waals surface area contributed by atoms with Gasteiger partial charge < -0.3 is 17.2 Å². The SMILES string of the molecule is Cc1nn(-c2ccc(N=C(N)N=C(N)N)cc2)c(C)c1Cl. The van der Waals surface area contributed by atoms with E-state index in [0.29, 0.717) is 10.7 Å². The average molecular weight is 306 g/mol. The van der Waals surface area contributed by atoms with Crippen LogP contribution in [0, 0.1) is 13.8 Å². The number of nitrogens with zero attached hydrogens (tertiary/aromatic N) is 4. The third-order valence-electron chi connectivity index (χ3n) is 2.78. The monoisotopic (exact) mass is 305 g/mol. The maximum atomic E-state index is 6.14. The number of aryl methyl sites for hydroxylation is 1. The second kappa shape index (κ2) is 5.84. The number of halogens is 1. The Hall–Kier alpha value is -2.54. The maximum Gasteiger partial charge on any atom is 0.223 e. The summed E-state index contributed by atoms with van der Waals surface area (Å²) in [6, 6.07) is 7.29. The Morgan fingerprint density at radius 2 is 1.76 bits per heavy atom. The average Bonchev–Trinajstić information content (AvgIpc) is 2.66. The topological polar surface area (TPSA) is 121 Å². The minimum absolute atomic E-state index is 0.00286. The summed E-state index contributed by atoms with van der Waals surface area (Å²) in [5, 5.41) is 5.04. The van der Waals surface area contributed by atoms with E-state index in [1.165, 1.54) is 0 Å². The highest BCUT2D eigenvalue weighted by Gasteiger charge is 2.10. The van der Waals surface area contributed by atoms with Crippen molar-refractivity contribution in [2.24, 2.45) is 27.2 Å². The van der Waals surface area contributed by atoms with Gasteiger partial charge in [0.05, 0.1) is 27.8 Å². The first-order chi connectivity index (χ1) is 9.88. The zero-order valence-corrected chi connectivity index (χ0v) is 12.5. The molecule has 1 aromatic carbocycles. The quantitative estimate of drug-likeness (QED) is 0.573. The summed E-state index contributed by atoms with van der Waals surface area (Å²) in [5.74, 6) is -0.137. The lowest BCUT2D eigenvalue weighted by Gasteiger charge is -2.04. The molecule has 0 aliphatic carbocycles. The minimum atomic E-state index is -0.134. The summed E-state index contributed by atoms with van der Waals surface area (Å²) >= 11 is 6.14. The van der Waals surface area contributed by atoms with Gasteiger partial charge in [-0.1, -0.05) is 11.6 Å². The molecular weight excluding hydrogens is 290 g/mol. The number of hydrogen-bond acceptors (Lipinski definition) is 2. The van der Waals surface area contributed by atoms with Crippen molar-refractivity contribution in [2.75, 3.05) is 0 Å². The molecule has 0 spiro atoms. The van der Waals surface area contributed by atoms with E-state index in [1.807, 2.05) is 26.0 Å². The fourth-order valence-electron chi connectivity index (χ4n) is 1.83. The Balaban J connectivity index is 2.31. The number of benzene rings is 1. The molecule has 0 saturated carbocycles. The molecule has 0 atom stereocenters. The van der Waals surface area contributed by atoms with E-state index < -0.39 is 0 Å². The molecule has 2 rings (SSSR count). The van der Waals surface area contributed by atoms with Crippen LogP contribution in [-0.2, 0) is 0 Å². The molecule has 6 N–H and O–H groups in total. The highest BCUT2D eigenvalue weighted by molar-refractivity contribution is 6.31. The highest BCUT2D eigenvalue weighted by Crippen LogP contribution is 2.23. The molecule has 1 aromatic heterocycles. The lowest BCUT2D eigenvalue weighted by molar-refractivity contribution is 0.834. The van der Waals surface area contributed by atoms with Crippen molar-refractivity contribution in [3.05, 3.63) is 40.7 Å². The molecule has 0 aliphatic heterocycles. The number of rotatable bonds is 2. The predicted octanol–water partition coefficient (Wildman–Crippen LogP) is 1.36. The van der Waals surface area contributed by atoms with Gasteiger partial charge in [0, 0.05) is 0 Å². The van der Waals surface area contributed by atoms with Gasteiger partial charge in [-0.05, 0) is 38.1 Å². The Morgan fingerprint density at radius 1 is 1.14 bits per heavy atom. The van der Waals surface area contributed by atoms with Crippen LogP contribution in [-0.4, -0.2) is 21.7 Å². The normalized spacial score (nSPS) is 11.5. The smallest absolute Gasteiger partial charge is 0.223 e. The van der Waals surface area contributed by atoms with E-state index >= 15 is 0 Å². The predicted molar refractivity (Wildman–Crippen MR) is 85.1 cm³/mol. The summed E-state index contributed by atoms with van der Waals surface area (Å²) in [7, 11) is 0. The van der Waals surface area contributed by atoms with E-state index in [9.17, 15) is 0 Å². The number of nitrogens with two attached hydrogens (primary N) is 3. The fraction of sp³-hybridized carbons (Fsp3) is 0.154. The van der Waals surface area contributed by atoms with Gasteiger partial charge in [0.25, 0.3) is 0 Å². The lowest BCUT2D eigenvalue weighted by atomic mass is 10.3. The molecule has 0 fully saturated rings. The Bertz CT molecular complexity index is 709. The molecule has 110 valence electrons. The van der Waals surface area contributed by atoms with Crippen LogP contribution in [0.4, 0.5) is 5.69 Å². The lowest BCUT2D eigenvalue weighted by Crippen LogP contribution is -2.26. The third kappa shape index (κ3) is 3.32. The summed E-state index contributed by atoms with van der Waals surface area (Å²) in [6.45, 7) is 3.77. The summed E-state index contributed by atoms with van der Waals surface area (Å²) in [4.78, 5) is 7.72. The minimum Gasteiger partial charge on any atom is -0.370 e. The van der Waals surface area contributed by atoms with Crippen LogP contribution in [0.25, 0.3) is 5.69 Å². The Kier molecular flexibility index (Phi) is 4.13. The fourth-order valence-corrected chi connectivity index (χ4v) is 1.95. The van der Waals surface area contributed by atoms with Crippen molar-refractivity contribution in [1.29, 1.82) is 0 Å². The molecule has 0 aliphatic rings. The van der Waals surface area contributed by atoms with Crippen molar-refractivity contribution in [1.82, 2.24) is 9.78 Å². The second-order valence-electron chi connectivity index (χ2n) is 4.42. The molecule has 0 unspecified atom stereocenters. The second-order valence-corrected chi connectivity index (χ2v) is 4.80. The summed E-state index contributed by atoms with van der Waals surface area (Å²) in [5.41, 5.74) is 19.2. The van der Waals surface area contributed by atoms with Crippen LogP contribution in [0.2, 0.25) is 5.02 Å². The van der Waals surface area contributed by atoms with Crippen LogP contribution < -0.4 is 17.2 Å². The van der Waals surface area contributed by atoms with Gasteiger partial charge >= 0.3 is 0 Å². The van der Waals surface area contributed by atoms with Crippen LogP contribution >= 0.6 is 11.6 Å². The van der Waals surface area contributed by atoms with Gasteiger partial charge in [-0.25, -0.2) is 9.67 Å². The molecular formula is C13H16ClN7. The van der Waals surface area contributed by atoms with Gasteiger partial charge in [-0.15, -0.1) is 0 Å². The number of aromatic nitrogens is 2. The maximum absolute atomic E-state index is 6.14. The van der Waals surface area contributed by atoms with Gasteiger partial charge in [0.15, 0.2) is 5.96 Å². The van der Waals surface area contributed by atoms with Gasteiger partial charge in [-0.3, -0.25) is 0 Å². The Labute approximate surface area is 127 Å². The molecule has 0 bridgehead atoms. The molecule has 0 saturated heterocycles. The molecule has 21 heavy (non-hydrogen) atoms. The van der Waals surface area contributed by atoms with Crippen LogP contribution in [0.15, 0.2) is 34.3 Å². The van der Waals surface area contributed by atoms with Crippen molar-refractivity contribution in [3.63, 3.8) is 0 Å². The van der Waals surface area contributed by atoms with Gasteiger partial charge in [-0.2, -0.15) is 10.1 Å². The molecule has 0 radical (unpaired) electrons. The van der Waals surface area contributed by atoms with Crippen molar-refractivity contribution >= 4 is 29.2 Å². The van der Waals surface area contributed by atoms with E-state index in [4.69, 9.17) is 28.8 Å². The highest BCUT2D eigenvalue weighted by atomic mass is 35.5. The number of aliphatic imine (C=N–C) groups is 2. The van der Waals surface area contributed by atoms with Crippen LogP contribution in [0.5, 0.6) is 0 Å². The van der Waals surface area contributed by atoms with E-state index in [0.717, 1.165) is 17.1 Å². The van der Waals surface area contributed by atoms with Crippen LogP contribution in [0.1, 0.15) is 11.4 Å². The molecule has 2 aromatic rings. The van der Waals surface area contributed by atoms with E-state index in [2.05, 4.69) is 15.1 Å². The first kappa shape index (κ1) is 14.9. The van der Waals surface area contributed by atoms with Crippen molar-refractivity contribution in [3.8, 4) is 5.69 Å². The van der Waals surface area contributed by atoms with Crippen molar-refractivity contribution in [2.45, 2.75) is 13.8 Å². The zero-order chi connectivity index (χ0) is 15.6. The number of hydrogen-bond donors (Lipinski definition) is 3. The molecule has 8 heteroatoms. The largest absolute Gasteiger partial charge is 0.370 e. The molecule has 0 amide bonds. The van der Waals surface area contributed by atoms with Gasteiger partial charge in [0.1, 0.15) is 0 Å². The van der Waals surface area contributed by atoms with E-state index in [1.54, 1.807) is 16.8 Å². The standard InChI is InChI=1S/C13H16ClN7/c1-7-11(14)8(2)21(20-7)10-5-3-9(4-6-10)18-13(17)19-12(15)16/h3-6H,1-2H3,(H6,15,16,17,18,19). The molecule has 7 nitrogen and oxygen atoms in total. The summed E-state index contributed by atoms with van der Waals surface area (Å²) < 4.78 is 1.77. The van der Waals surface area contributed by atoms with Gasteiger partial charge in [0.2, 0.25) is 5.96 Å². The first-order valence-corrected chi connectivity index (χ1v) is 6.52. The molecule has 1 heterocycles. The van der Waals surface area contributed by atoms with Crippen molar-refractivity contribution < 1.29 is 0 Å².